The Morgan fingerprint density at radius 1 is 0.958 bits per heavy atom. The molecule has 0 fully saturated rings. The number of carboxylic acid groups (broad SMARTS) is 1. The van der Waals surface area contributed by atoms with Gasteiger partial charge < -0.3 is 14.9 Å². The maximum Gasteiger partial charge on any atom is 0.304 e. The fourth-order valence-corrected chi connectivity index (χ4v) is 8.23. The van der Waals surface area contributed by atoms with Crippen LogP contribution in [0, 0.1) is 0 Å². The van der Waals surface area contributed by atoms with E-state index in [2.05, 4.69) is 37.5 Å². The molecule has 0 amide bonds. The Balaban J connectivity index is 4.39. The summed E-state index contributed by atoms with van der Waals surface area (Å²) >= 11 is 10.8. The molecule has 1 unspecified atom stereocenters. The molecule has 0 saturated carbocycles. The summed E-state index contributed by atoms with van der Waals surface area (Å²) in [6, 6.07) is 0. The van der Waals surface area contributed by atoms with Crippen molar-refractivity contribution in [2.24, 2.45) is 0 Å². The Morgan fingerprint density at radius 2 is 1.42 bits per heavy atom. The van der Waals surface area contributed by atoms with Crippen LogP contribution in [0.5, 0.6) is 0 Å². The zero-order valence-corrected chi connectivity index (χ0v) is 19.4. The van der Waals surface area contributed by atoms with Gasteiger partial charge in [0.05, 0.1) is 6.42 Å². The first-order chi connectivity index (χ1) is 11.4. The van der Waals surface area contributed by atoms with Crippen LogP contribution in [0.2, 0.25) is 0 Å². The molecule has 0 aliphatic heterocycles. The summed E-state index contributed by atoms with van der Waals surface area (Å²) < 4.78 is 1.67. The average Bonchev–Trinajstić information content (AvgIpc) is 2.54. The third kappa shape index (κ3) is 10.6. The number of carbonyl (C=O) groups is 1. The van der Waals surface area contributed by atoms with Gasteiger partial charge in [0.25, 0.3) is 0 Å². The minimum absolute atomic E-state index is 0.00184. The third-order valence-electron chi connectivity index (χ3n) is 3.09. The summed E-state index contributed by atoms with van der Waals surface area (Å²) in [7, 11) is 6.23. The predicted molar refractivity (Wildman–Crippen MR) is 122 cm³/mol. The molecule has 0 bridgehead atoms. The monoisotopic (exact) mass is 446 g/mol. The summed E-state index contributed by atoms with van der Waals surface area (Å²) in [5.74, 6) is -0.0598. The van der Waals surface area contributed by atoms with Crippen molar-refractivity contribution in [3.63, 3.8) is 0 Å². The number of aliphatic carboxylic acids is 1. The van der Waals surface area contributed by atoms with Gasteiger partial charge in [0.2, 0.25) is 0 Å². The van der Waals surface area contributed by atoms with Crippen LogP contribution in [-0.2, 0) is 4.79 Å². The Hall–Kier alpha value is 0.650. The highest BCUT2D eigenvalue weighted by atomic mass is 33.1. The molecule has 0 saturated heterocycles. The van der Waals surface area contributed by atoms with E-state index in [1.165, 1.54) is 10.8 Å². The van der Waals surface area contributed by atoms with E-state index in [0.717, 1.165) is 40.6 Å². The third-order valence-corrected chi connectivity index (χ3v) is 9.92. The molecule has 0 spiro atoms. The summed E-state index contributed by atoms with van der Waals surface area (Å²) in [5, 5.41) is 9.11. The van der Waals surface area contributed by atoms with E-state index in [1.807, 2.05) is 0 Å². The molecule has 0 heterocycles. The van der Waals surface area contributed by atoms with Gasteiger partial charge in [0, 0.05) is 37.2 Å². The number of carboxylic acids is 1. The van der Waals surface area contributed by atoms with Crippen molar-refractivity contribution >= 4 is 82.2 Å². The van der Waals surface area contributed by atoms with Crippen molar-refractivity contribution in [2.75, 3.05) is 31.9 Å². The van der Waals surface area contributed by atoms with Crippen molar-refractivity contribution < 1.29 is 9.90 Å². The van der Waals surface area contributed by atoms with E-state index in [4.69, 9.17) is 29.5 Å². The van der Waals surface area contributed by atoms with E-state index in [0.29, 0.717) is 0 Å². The number of hydrogen-bond donors (Lipinski definition) is 1. The molecule has 4 nitrogen and oxygen atoms in total. The van der Waals surface area contributed by atoms with E-state index < -0.39 is 5.97 Å². The van der Waals surface area contributed by atoms with Crippen LogP contribution in [-0.4, -0.2) is 66.7 Å². The van der Waals surface area contributed by atoms with Crippen molar-refractivity contribution in [1.82, 2.24) is 9.80 Å². The van der Waals surface area contributed by atoms with Gasteiger partial charge in [-0.3, -0.25) is 4.79 Å². The highest BCUT2D eigenvalue weighted by Gasteiger charge is 2.18. The molecule has 0 aliphatic rings. The molecular formula is C14H26N2O2S6. The van der Waals surface area contributed by atoms with Crippen LogP contribution < -0.4 is 0 Å². The molecule has 140 valence electrons. The lowest BCUT2D eigenvalue weighted by molar-refractivity contribution is -0.136. The smallest absolute Gasteiger partial charge is 0.304 e. The maximum absolute atomic E-state index is 11.1. The summed E-state index contributed by atoms with van der Waals surface area (Å²) in [6.07, 6.45) is 0.129. The first-order valence-electron chi connectivity index (χ1n) is 7.81. The van der Waals surface area contributed by atoms with E-state index in [-0.39, 0.29) is 11.7 Å². The molecule has 0 radical (unpaired) electrons. The second-order valence-electron chi connectivity index (χ2n) is 4.64. The average molecular weight is 447 g/mol. The quantitative estimate of drug-likeness (QED) is 0.352. The van der Waals surface area contributed by atoms with Crippen LogP contribution in [0.4, 0.5) is 0 Å². The van der Waals surface area contributed by atoms with Gasteiger partial charge >= 0.3 is 5.97 Å². The standard InChI is InChI=1S/C14H26N2O2S6/c1-5-15(6-2)13(19)23-21-10-11(9-12(17)18)22-24-14(20)16(7-3)8-4/h11H,5-10H2,1-4H3,(H,17,18). The molecular weight excluding hydrogens is 421 g/mol. The highest BCUT2D eigenvalue weighted by molar-refractivity contribution is 8.85. The Morgan fingerprint density at radius 3 is 1.83 bits per heavy atom. The van der Waals surface area contributed by atoms with Gasteiger partial charge in [0.15, 0.2) is 0 Å². The second-order valence-corrected chi connectivity index (χ2v) is 10.8. The molecule has 10 heteroatoms. The van der Waals surface area contributed by atoms with Crippen LogP contribution >= 0.6 is 67.6 Å². The molecule has 0 aromatic rings. The number of thiocarbonyl (C=S) groups is 2. The van der Waals surface area contributed by atoms with Gasteiger partial charge in [0.1, 0.15) is 8.64 Å². The van der Waals surface area contributed by atoms with Crippen LogP contribution in [0.3, 0.4) is 0 Å². The first kappa shape index (κ1) is 24.7. The Bertz CT molecular complexity index is 403. The first-order valence-corrected chi connectivity index (χ1v) is 13.2. The summed E-state index contributed by atoms with van der Waals surface area (Å²) in [5.41, 5.74) is 0. The zero-order valence-electron chi connectivity index (χ0n) is 14.5. The van der Waals surface area contributed by atoms with Gasteiger partial charge in [-0.15, -0.1) is 0 Å². The van der Waals surface area contributed by atoms with Gasteiger partial charge in [-0.2, -0.15) is 0 Å². The molecule has 0 aromatic carbocycles. The minimum atomic E-state index is -0.779. The SMILES string of the molecule is CCN(CC)C(=S)SSCC(CC(=O)O)SSC(=S)N(CC)CC. The van der Waals surface area contributed by atoms with Gasteiger partial charge in [-0.1, -0.05) is 46.0 Å². The van der Waals surface area contributed by atoms with Gasteiger partial charge in [-0.05, 0) is 49.3 Å². The van der Waals surface area contributed by atoms with Crippen LogP contribution in [0.1, 0.15) is 34.1 Å². The topological polar surface area (TPSA) is 43.8 Å². The van der Waals surface area contributed by atoms with E-state index in [1.54, 1.807) is 32.4 Å². The molecule has 1 N–H and O–H groups in total. The van der Waals surface area contributed by atoms with E-state index >= 15 is 0 Å². The van der Waals surface area contributed by atoms with Crippen molar-refractivity contribution in [1.29, 1.82) is 0 Å². The van der Waals surface area contributed by atoms with Crippen LogP contribution in [0.15, 0.2) is 0 Å². The Labute approximate surface area is 172 Å². The van der Waals surface area contributed by atoms with Crippen LogP contribution in [0.25, 0.3) is 0 Å². The van der Waals surface area contributed by atoms with Crippen molar-refractivity contribution in [2.45, 2.75) is 39.4 Å². The zero-order chi connectivity index (χ0) is 18.5. The Kier molecular flexibility index (Phi) is 15.2. The fraction of sp³-hybridized carbons (Fsp3) is 0.786. The summed E-state index contributed by atoms with van der Waals surface area (Å²) in [6.45, 7) is 11.8. The lowest BCUT2D eigenvalue weighted by Gasteiger charge is -2.22. The summed E-state index contributed by atoms with van der Waals surface area (Å²) in [4.78, 5) is 15.3. The van der Waals surface area contributed by atoms with Crippen molar-refractivity contribution in [3.05, 3.63) is 0 Å². The largest absolute Gasteiger partial charge is 0.481 e. The minimum Gasteiger partial charge on any atom is -0.481 e. The highest BCUT2D eigenvalue weighted by Crippen LogP contribution is 2.36. The number of nitrogens with zero attached hydrogens (tertiary/aromatic N) is 2. The molecule has 1 atom stereocenters. The lowest BCUT2D eigenvalue weighted by Crippen LogP contribution is -2.26. The predicted octanol–water partition coefficient (Wildman–Crippen LogP) is 4.85. The molecule has 0 aliphatic carbocycles. The molecule has 0 aromatic heterocycles. The van der Waals surface area contributed by atoms with Gasteiger partial charge in [-0.25, -0.2) is 0 Å². The number of rotatable bonds is 11. The lowest BCUT2D eigenvalue weighted by atomic mass is 10.3. The maximum atomic E-state index is 11.1. The molecule has 0 rings (SSSR count). The van der Waals surface area contributed by atoms with Crippen molar-refractivity contribution in [3.8, 4) is 0 Å². The fourth-order valence-electron chi connectivity index (χ4n) is 1.65. The molecule has 24 heavy (non-hydrogen) atoms. The second kappa shape index (κ2) is 14.8. The van der Waals surface area contributed by atoms with E-state index in [9.17, 15) is 4.79 Å². The number of hydrogen-bond acceptors (Lipinski definition) is 7. The normalized spacial score (nSPS) is 11.8.